The van der Waals surface area contributed by atoms with Crippen LogP contribution in [0.4, 0.5) is 0 Å². The van der Waals surface area contributed by atoms with Gasteiger partial charge in [0.15, 0.2) is 23.7 Å². The summed E-state index contributed by atoms with van der Waals surface area (Å²) in [7, 11) is 3.50. The van der Waals surface area contributed by atoms with Crippen LogP contribution in [0.2, 0.25) is 0 Å². The monoisotopic (exact) mass is 659 g/mol. The number of carbonyl (C=O) groups is 5. The lowest BCUT2D eigenvalue weighted by atomic mass is 9.50. The standard InChI is InChI=1S/C33H41NO13/c1-16(42-29(38)25(43-17(2)35)26(44-18(3)36)30(39)47-31(4,5)6)28(37)45-21-11-12-33(40)22-15-19-9-10-20(41-8)24-23(19)32(33,27(21)46-24)13-14-34(22)7/h9-11,16,22,25-27,40H,12-15H2,1-8H3/t16-,22?,25+,26+,27-,32-,33-/m0/s1. The molecule has 1 unspecified atom stereocenters. The number of hydrogen-bond acceptors (Lipinski definition) is 14. The van der Waals surface area contributed by atoms with E-state index in [9.17, 15) is 29.1 Å². The van der Waals surface area contributed by atoms with Crippen molar-refractivity contribution in [3.05, 3.63) is 35.1 Å². The Morgan fingerprint density at radius 3 is 2.23 bits per heavy atom. The number of aliphatic hydroxyl groups is 1. The molecule has 4 aliphatic rings. The Morgan fingerprint density at radius 2 is 1.64 bits per heavy atom. The molecule has 1 N–H and O–H groups in total. The number of piperidine rings is 1. The van der Waals surface area contributed by atoms with Crippen LogP contribution < -0.4 is 9.47 Å². The molecule has 1 fully saturated rings. The highest BCUT2D eigenvalue weighted by molar-refractivity contribution is 5.90. The summed E-state index contributed by atoms with van der Waals surface area (Å²) >= 11 is 0. The molecule has 14 nitrogen and oxygen atoms in total. The minimum Gasteiger partial charge on any atom is -0.493 e. The molecule has 1 spiro atoms. The number of esters is 5. The number of benzene rings is 1. The molecular weight excluding hydrogens is 618 g/mol. The summed E-state index contributed by atoms with van der Waals surface area (Å²) in [6.07, 6.45) is -3.65. The van der Waals surface area contributed by atoms with Crippen LogP contribution in [0.25, 0.3) is 0 Å². The van der Waals surface area contributed by atoms with Crippen molar-refractivity contribution in [2.45, 2.75) is 108 Å². The number of rotatable bonds is 9. The third kappa shape index (κ3) is 5.81. The quantitative estimate of drug-likeness (QED) is 0.299. The van der Waals surface area contributed by atoms with E-state index in [1.54, 1.807) is 26.8 Å². The third-order valence-corrected chi connectivity index (χ3v) is 9.13. The number of likely N-dealkylation sites (N-methyl/N-ethyl adjacent to an activating group) is 1. The van der Waals surface area contributed by atoms with E-state index in [0.29, 0.717) is 30.9 Å². The van der Waals surface area contributed by atoms with Gasteiger partial charge in [-0.15, -0.1) is 0 Å². The molecule has 47 heavy (non-hydrogen) atoms. The van der Waals surface area contributed by atoms with Crippen molar-refractivity contribution < 1.29 is 62.2 Å². The van der Waals surface area contributed by atoms with Crippen molar-refractivity contribution in [1.82, 2.24) is 4.90 Å². The van der Waals surface area contributed by atoms with Gasteiger partial charge in [0.2, 0.25) is 12.2 Å². The Labute approximate surface area is 272 Å². The third-order valence-electron chi connectivity index (χ3n) is 9.13. The predicted molar refractivity (Wildman–Crippen MR) is 160 cm³/mol. The van der Waals surface area contributed by atoms with E-state index >= 15 is 0 Å². The van der Waals surface area contributed by atoms with E-state index < -0.39 is 70.9 Å². The first-order valence-corrected chi connectivity index (χ1v) is 15.4. The van der Waals surface area contributed by atoms with E-state index in [-0.39, 0.29) is 18.2 Å². The summed E-state index contributed by atoms with van der Waals surface area (Å²) in [5.41, 5.74) is -1.35. The Bertz CT molecular complexity index is 1530. The molecular formula is C33H41NO13. The van der Waals surface area contributed by atoms with Gasteiger partial charge in [-0.1, -0.05) is 6.07 Å². The maximum Gasteiger partial charge on any atom is 0.352 e. The smallest absolute Gasteiger partial charge is 0.352 e. The van der Waals surface area contributed by atoms with Gasteiger partial charge in [0.1, 0.15) is 11.4 Å². The largest absolute Gasteiger partial charge is 0.493 e. The minimum atomic E-state index is -2.08. The minimum absolute atomic E-state index is 0.139. The Morgan fingerprint density at radius 1 is 1.00 bits per heavy atom. The zero-order valence-corrected chi connectivity index (χ0v) is 27.7. The number of likely N-dealkylation sites (tertiary alicyclic amines) is 1. The van der Waals surface area contributed by atoms with Crippen LogP contribution in [0.15, 0.2) is 24.0 Å². The number of ether oxygens (including phenoxy) is 7. The number of hydrogen-bond donors (Lipinski definition) is 1. The number of methoxy groups -OCH3 is 1. The molecule has 0 radical (unpaired) electrons. The Balaban J connectivity index is 1.39. The molecule has 1 saturated heterocycles. The van der Waals surface area contributed by atoms with Crippen molar-refractivity contribution >= 4 is 29.8 Å². The van der Waals surface area contributed by atoms with Crippen LogP contribution in [0.1, 0.15) is 65.5 Å². The molecule has 5 rings (SSSR count). The molecule has 7 atom stereocenters. The molecule has 2 aliphatic heterocycles. The molecule has 1 aromatic carbocycles. The fourth-order valence-electron chi connectivity index (χ4n) is 7.26. The Hall–Kier alpha value is -4.17. The highest BCUT2D eigenvalue weighted by Crippen LogP contribution is 2.65. The van der Waals surface area contributed by atoms with Crippen LogP contribution in [0.5, 0.6) is 11.5 Å². The topological polar surface area (TPSA) is 173 Å². The van der Waals surface area contributed by atoms with E-state index in [0.717, 1.165) is 25.0 Å². The van der Waals surface area contributed by atoms with Gasteiger partial charge in [0, 0.05) is 31.9 Å². The van der Waals surface area contributed by atoms with Gasteiger partial charge in [0.05, 0.1) is 18.1 Å². The van der Waals surface area contributed by atoms with Gasteiger partial charge in [-0.25, -0.2) is 14.4 Å². The van der Waals surface area contributed by atoms with Crippen LogP contribution >= 0.6 is 0 Å². The van der Waals surface area contributed by atoms with Crippen molar-refractivity contribution in [2.75, 3.05) is 20.7 Å². The molecule has 2 heterocycles. The average Bonchev–Trinajstić information content (AvgIpc) is 3.32. The van der Waals surface area contributed by atoms with Crippen LogP contribution in [-0.2, 0) is 59.5 Å². The molecule has 0 amide bonds. The average molecular weight is 660 g/mol. The maximum absolute atomic E-state index is 13.4. The van der Waals surface area contributed by atoms with Crippen LogP contribution in [0.3, 0.4) is 0 Å². The summed E-state index contributed by atoms with van der Waals surface area (Å²) in [5, 5.41) is 12.4. The summed E-state index contributed by atoms with van der Waals surface area (Å²) in [6, 6.07) is 3.58. The maximum atomic E-state index is 13.4. The molecule has 1 aromatic rings. The summed E-state index contributed by atoms with van der Waals surface area (Å²) < 4.78 is 38.5. The Kier molecular flexibility index (Phi) is 8.82. The summed E-state index contributed by atoms with van der Waals surface area (Å²) in [4.78, 5) is 65.5. The summed E-state index contributed by atoms with van der Waals surface area (Å²) in [5.74, 6) is -4.34. The van der Waals surface area contributed by atoms with E-state index in [1.165, 1.54) is 14.0 Å². The van der Waals surface area contributed by atoms with Crippen molar-refractivity contribution in [3.8, 4) is 11.5 Å². The molecule has 2 aliphatic carbocycles. The van der Waals surface area contributed by atoms with Gasteiger partial charge in [-0.05, 0) is 71.8 Å². The second-order valence-corrected chi connectivity index (χ2v) is 13.4. The molecule has 2 bridgehead atoms. The van der Waals surface area contributed by atoms with E-state index in [1.807, 2.05) is 19.2 Å². The fraction of sp³-hybridized carbons (Fsp3) is 0.606. The lowest BCUT2D eigenvalue weighted by Gasteiger charge is -2.61. The summed E-state index contributed by atoms with van der Waals surface area (Å²) in [6.45, 7) is 8.52. The van der Waals surface area contributed by atoms with Crippen LogP contribution in [-0.4, -0.2) is 102 Å². The normalized spacial score (nSPS) is 27.5. The lowest BCUT2D eigenvalue weighted by molar-refractivity contribution is -0.198. The van der Waals surface area contributed by atoms with Gasteiger partial charge in [-0.3, -0.25) is 9.59 Å². The molecule has 0 saturated carbocycles. The SMILES string of the molecule is COc1ccc2c3c1O[C@H]1C(OC(=O)[C@H](C)OC(=O)[C@H](OC(C)=O)[C@@H](OC(C)=O)C(=O)OC(C)(C)C)=CC[C@]4(O)C(C2)N(C)CC[C@]314. The molecule has 14 heteroatoms. The van der Waals surface area contributed by atoms with Crippen molar-refractivity contribution in [1.29, 1.82) is 0 Å². The van der Waals surface area contributed by atoms with Crippen molar-refractivity contribution in [3.63, 3.8) is 0 Å². The van der Waals surface area contributed by atoms with Gasteiger partial charge in [-0.2, -0.15) is 0 Å². The van der Waals surface area contributed by atoms with Crippen LogP contribution in [0, 0.1) is 0 Å². The number of carbonyl (C=O) groups excluding carboxylic acids is 5. The first-order valence-electron chi connectivity index (χ1n) is 15.4. The zero-order chi connectivity index (χ0) is 34.6. The second kappa shape index (κ2) is 12.1. The van der Waals surface area contributed by atoms with Gasteiger partial charge < -0.3 is 43.2 Å². The van der Waals surface area contributed by atoms with E-state index in [2.05, 4.69) is 4.90 Å². The van der Waals surface area contributed by atoms with Gasteiger partial charge >= 0.3 is 29.8 Å². The fourth-order valence-corrected chi connectivity index (χ4v) is 7.26. The van der Waals surface area contributed by atoms with E-state index in [4.69, 9.17) is 33.2 Å². The highest BCUT2D eigenvalue weighted by Gasteiger charge is 2.72. The predicted octanol–water partition coefficient (Wildman–Crippen LogP) is 1.65. The van der Waals surface area contributed by atoms with Crippen molar-refractivity contribution in [2.24, 2.45) is 0 Å². The lowest BCUT2D eigenvalue weighted by Crippen LogP contribution is -2.74. The number of nitrogens with zero attached hydrogens (tertiary/aromatic N) is 1. The second-order valence-electron chi connectivity index (χ2n) is 13.4. The van der Waals surface area contributed by atoms with Gasteiger partial charge in [0.25, 0.3) is 0 Å². The molecule has 256 valence electrons. The first-order chi connectivity index (χ1) is 21.9. The molecule has 0 aromatic heterocycles. The first kappa shape index (κ1) is 34.2. The zero-order valence-electron chi connectivity index (χ0n) is 27.7. The highest BCUT2D eigenvalue weighted by atomic mass is 16.7.